The zero-order chi connectivity index (χ0) is 30.9. The van der Waals surface area contributed by atoms with Crippen molar-refractivity contribution in [3.8, 4) is 17.4 Å². The molecule has 10 nitrogen and oxygen atoms in total. The molecule has 7 atom stereocenters. The van der Waals surface area contributed by atoms with Gasteiger partial charge in [-0.1, -0.05) is 48.5 Å². The number of nitrogens with zero attached hydrogens (tertiary/aromatic N) is 1. The Morgan fingerprint density at radius 3 is 2.32 bits per heavy atom. The third-order valence-corrected chi connectivity index (χ3v) is 7.30. The summed E-state index contributed by atoms with van der Waals surface area (Å²) in [6, 6.07) is 0. The lowest BCUT2D eigenvalue weighted by molar-refractivity contribution is -0.277. The molecule has 1 fully saturated rings. The van der Waals surface area contributed by atoms with Gasteiger partial charge in [0, 0.05) is 17.9 Å². The van der Waals surface area contributed by atoms with Crippen molar-refractivity contribution < 1.29 is 44.5 Å². The Balaban J connectivity index is 2.22. The van der Waals surface area contributed by atoms with Crippen molar-refractivity contribution >= 4 is 0 Å². The fourth-order valence-corrected chi connectivity index (χ4v) is 4.53. The Kier molecular flexibility index (Phi) is 13.5. The van der Waals surface area contributed by atoms with Crippen molar-refractivity contribution in [2.24, 2.45) is 5.92 Å². The van der Waals surface area contributed by atoms with Crippen LogP contribution in [-0.4, -0.2) is 88.2 Å². The molecule has 2 rings (SSSR count). The van der Waals surface area contributed by atoms with Crippen molar-refractivity contribution in [1.82, 2.24) is 4.98 Å². The van der Waals surface area contributed by atoms with Crippen LogP contribution in [0.25, 0.3) is 0 Å². The first-order chi connectivity index (χ1) is 19.4. The van der Waals surface area contributed by atoms with Crippen LogP contribution in [0.2, 0.25) is 0 Å². The molecular formula is C31H47NO9. The molecule has 0 saturated carbocycles. The highest BCUT2D eigenvalue weighted by atomic mass is 16.7. The van der Waals surface area contributed by atoms with Gasteiger partial charge in [0.25, 0.3) is 5.88 Å². The predicted molar refractivity (Wildman–Crippen MR) is 156 cm³/mol. The first-order valence-electron chi connectivity index (χ1n) is 13.8. The number of aliphatic hydroxyl groups excluding tert-OH is 5. The van der Waals surface area contributed by atoms with Gasteiger partial charge in [-0.05, 0) is 46.6 Å². The van der Waals surface area contributed by atoms with E-state index in [9.17, 15) is 25.5 Å². The number of methoxy groups -OCH3 is 2. The number of hydrogen-bond acceptors (Lipinski definition) is 10. The molecule has 5 N–H and O–H groups in total. The van der Waals surface area contributed by atoms with Crippen LogP contribution < -0.4 is 14.2 Å². The molecule has 0 radical (unpaired) electrons. The summed E-state index contributed by atoms with van der Waals surface area (Å²) in [7, 11) is 2.87. The summed E-state index contributed by atoms with van der Waals surface area (Å²) < 4.78 is 22.4. The van der Waals surface area contributed by atoms with E-state index >= 15 is 0 Å². The number of ether oxygens (including phenoxy) is 4. The molecule has 0 spiro atoms. The quantitative estimate of drug-likeness (QED) is 0.175. The Bertz CT molecular complexity index is 1130. The molecule has 1 aliphatic heterocycles. The van der Waals surface area contributed by atoms with Gasteiger partial charge in [-0.2, -0.15) is 0 Å². The molecule has 1 aromatic heterocycles. The van der Waals surface area contributed by atoms with Gasteiger partial charge >= 0.3 is 0 Å². The molecule has 0 aliphatic carbocycles. The van der Waals surface area contributed by atoms with Crippen LogP contribution in [0.5, 0.6) is 17.4 Å². The van der Waals surface area contributed by atoms with Crippen LogP contribution in [0.3, 0.4) is 0 Å². The topological polar surface area (TPSA) is 151 Å². The SMILES string of the molecule is C/C=C(\C)[C@@H](O)[C@H](C)/C=C(C)/C=C/C/C(C)=C/Cc1nc(OC)c(OC)c(O[C@@H]2O[C@@H](CO)[C@@H](O)[C@@H](O)[C@H]2O)c1C. The number of pyridine rings is 1. The largest absolute Gasteiger partial charge is 0.489 e. The molecule has 41 heavy (non-hydrogen) atoms. The van der Waals surface area contributed by atoms with E-state index in [0.29, 0.717) is 17.7 Å². The van der Waals surface area contributed by atoms with E-state index in [2.05, 4.69) is 17.1 Å². The van der Waals surface area contributed by atoms with E-state index in [4.69, 9.17) is 18.9 Å². The lowest BCUT2D eigenvalue weighted by atomic mass is 9.96. The van der Waals surface area contributed by atoms with Crippen molar-refractivity contribution in [3.05, 3.63) is 58.4 Å². The van der Waals surface area contributed by atoms with Crippen LogP contribution in [0.1, 0.15) is 52.3 Å². The number of aliphatic hydroxyl groups is 5. The molecule has 230 valence electrons. The van der Waals surface area contributed by atoms with Gasteiger partial charge in [0.1, 0.15) is 24.4 Å². The second kappa shape index (κ2) is 16.1. The minimum absolute atomic E-state index is 0.00554. The average Bonchev–Trinajstić information content (AvgIpc) is 2.96. The smallest absolute Gasteiger partial charge is 0.261 e. The highest BCUT2D eigenvalue weighted by Crippen LogP contribution is 2.41. The Labute approximate surface area is 243 Å². The van der Waals surface area contributed by atoms with Crippen molar-refractivity contribution in [3.63, 3.8) is 0 Å². The number of allylic oxidation sites excluding steroid dienone is 6. The van der Waals surface area contributed by atoms with Gasteiger partial charge in [-0.3, -0.25) is 0 Å². The maximum absolute atomic E-state index is 10.5. The monoisotopic (exact) mass is 577 g/mol. The number of rotatable bonds is 13. The van der Waals surface area contributed by atoms with Crippen LogP contribution in [-0.2, 0) is 11.2 Å². The number of aromatic nitrogens is 1. The first-order valence-corrected chi connectivity index (χ1v) is 13.8. The van der Waals surface area contributed by atoms with Gasteiger partial charge in [0.2, 0.25) is 12.0 Å². The normalized spacial score (nSPS) is 25.8. The number of hydrogen-bond donors (Lipinski definition) is 5. The van der Waals surface area contributed by atoms with Crippen molar-refractivity contribution in [2.45, 2.75) is 91.2 Å². The van der Waals surface area contributed by atoms with E-state index in [1.54, 1.807) is 6.92 Å². The zero-order valence-electron chi connectivity index (χ0n) is 25.4. The fraction of sp³-hybridized carbons (Fsp3) is 0.581. The molecule has 0 aromatic carbocycles. The lowest BCUT2D eigenvalue weighted by Crippen LogP contribution is -2.60. The van der Waals surface area contributed by atoms with Crippen LogP contribution in [0, 0.1) is 12.8 Å². The van der Waals surface area contributed by atoms with E-state index in [1.165, 1.54) is 14.2 Å². The van der Waals surface area contributed by atoms with Gasteiger partial charge in [-0.25, -0.2) is 4.98 Å². The molecule has 2 heterocycles. The molecule has 0 unspecified atom stereocenters. The minimum atomic E-state index is -1.58. The van der Waals surface area contributed by atoms with Gasteiger partial charge in [0.15, 0.2) is 5.75 Å². The molecule has 0 amide bonds. The summed E-state index contributed by atoms with van der Waals surface area (Å²) in [5, 5.41) is 50.6. The second-order valence-corrected chi connectivity index (χ2v) is 10.5. The molecule has 0 bridgehead atoms. The standard InChI is InChI=1S/C31H47NO9/c1-9-19(4)24(34)20(5)15-18(3)12-10-11-17(2)13-14-22-21(6)28(29(38-7)30(32-22)39-8)41-31-27(37)26(36)25(35)23(16-33)40-31/h9-10,12-13,15,20,23-27,31,33-37H,11,14,16H2,1-8H3/b12-10+,17-13+,18-15+,19-9+/t20-,23+,24-,25-,26-,27-,31+/m1/s1. The van der Waals surface area contributed by atoms with Gasteiger partial charge in [-0.15, -0.1) is 0 Å². The highest BCUT2D eigenvalue weighted by molar-refractivity contribution is 5.54. The summed E-state index contributed by atoms with van der Waals surface area (Å²) >= 11 is 0. The van der Waals surface area contributed by atoms with Gasteiger partial charge < -0.3 is 44.5 Å². The zero-order valence-corrected chi connectivity index (χ0v) is 25.4. The Morgan fingerprint density at radius 1 is 1.05 bits per heavy atom. The fourth-order valence-electron chi connectivity index (χ4n) is 4.53. The first kappa shape index (κ1) is 34.5. The van der Waals surface area contributed by atoms with Crippen molar-refractivity contribution in [2.75, 3.05) is 20.8 Å². The second-order valence-electron chi connectivity index (χ2n) is 10.5. The summed E-state index contributed by atoms with van der Waals surface area (Å²) in [4.78, 5) is 4.58. The van der Waals surface area contributed by atoms with Crippen LogP contribution in [0.4, 0.5) is 0 Å². The summed E-state index contributed by atoms with van der Waals surface area (Å²) in [6.45, 7) is 11.1. The lowest BCUT2D eigenvalue weighted by Gasteiger charge is -2.39. The summed E-state index contributed by atoms with van der Waals surface area (Å²) in [5.74, 6) is 0.560. The maximum Gasteiger partial charge on any atom is 0.261 e. The molecule has 1 aromatic rings. The minimum Gasteiger partial charge on any atom is -0.489 e. The molecule has 1 saturated heterocycles. The van der Waals surface area contributed by atoms with Gasteiger partial charge in [0.05, 0.1) is 32.6 Å². The summed E-state index contributed by atoms with van der Waals surface area (Å²) in [6.07, 6.45) is 3.65. The third-order valence-electron chi connectivity index (χ3n) is 7.30. The third kappa shape index (κ3) is 8.88. The summed E-state index contributed by atoms with van der Waals surface area (Å²) in [5.41, 5.74) is 4.38. The molecular weight excluding hydrogens is 530 g/mol. The van der Waals surface area contributed by atoms with E-state index in [-0.39, 0.29) is 23.3 Å². The van der Waals surface area contributed by atoms with Crippen LogP contribution >= 0.6 is 0 Å². The highest BCUT2D eigenvalue weighted by Gasteiger charge is 2.45. The van der Waals surface area contributed by atoms with Crippen LogP contribution in [0.15, 0.2) is 47.1 Å². The van der Waals surface area contributed by atoms with E-state index in [1.807, 2.05) is 52.8 Å². The van der Waals surface area contributed by atoms with Crippen molar-refractivity contribution in [1.29, 1.82) is 0 Å². The Morgan fingerprint density at radius 2 is 1.73 bits per heavy atom. The maximum atomic E-state index is 10.5. The molecule has 10 heteroatoms. The van der Waals surface area contributed by atoms with E-state index < -0.39 is 43.4 Å². The Hall–Kier alpha value is -2.73. The van der Waals surface area contributed by atoms with E-state index in [0.717, 1.165) is 23.1 Å². The molecule has 1 aliphatic rings. The average molecular weight is 578 g/mol. The predicted octanol–water partition coefficient (Wildman–Crippen LogP) is 2.93.